The first-order valence-electron chi connectivity index (χ1n) is 4.98. The second-order valence-corrected chi connectivity index (χ2v) is 6.15. The van der Waals surface area contributed by atoms with E-state index in [9.17, 15) is 17.6 Å². The summed E-state index contributed by atoms with van der Waals surface area (Å²) >= 11 is 2.97. The van der Waals surface area contributed by atoms with Gasteiger partial charge < -0.3 is 5.32 Å². The van der Waals surface area contributed by atoms with Crippen molar-refractivity contribution in [3.63, 3.8) is 0 Å². The lowest BCUT2D eigenvalue weighted by molar-refractivity contribution is 0.0953. The van der Waals surface area contributed by atoms with Crippen LogP contribution in [0.5, 0.6) is 0 Å². The lowest BCUT2D eigenvalue weighted by atomic mass is 10.2. The molecule has 0 radical (unpaired) electrons. The van der Waals surface area contributed by atoms with Crippen LogP contribution >= 0.6 is 15.9 Å². The molecule has 18 heavy (non-hydrogen) atoms. The maximum absolute atomic E-state index is 13.2. The number of amides is 1. The van der Waals surface area contributed by atoms with Crippen LogP contribution < -0.4 is 10.0 Å². The Morgan fingerprint density at radius 2 is 2.06 bits per heavy atom. The van der Waals surface area contributed by atoms with E-state index in [-0.39, 0.29) is 23.1 Å². The largest absolute Gasteiger partial charge is 0.351 e. The van der Waals surface area contributed by atoms with E-state index in [0.717, 1.165) is 6.26 Å². The molecule has 1 amide bonds. The Morgan fingerprint density at radius 3 is 2.67 bits per heavy atom. The van der Waals surface area contributed by atoms with Gasteiger partial charge in [0.25, 0.3) is 5.91 Å². The number of benzene rings is 1. The first-order chi connectivity index (χ1) is 8.31. The lowest BCUT2D eigenvalue weighted by Gasteiger charge is -2.07. The van der Waals surface area contributed by atoms with Crippen LogP contribution in [-0.2, 0) is 10.0 Å². The van der Waals surface area contributed by atoms with Gasteiger partial charge in [-0.05, 0) is 28.1 Å². The number of halogens is 2. The van der Waals surface area contributed by atoms with Crippen LogP contribution in [0.4, 0.5) is 4.39 Å². The smallest absolute Gasteiger partial charge is 0.252 e. The molecule has 100 valence electrons. The molecule has 0 aliphatic heterocycles. The van der Waals surface area contributed by atoms with Crippen LogP contribution in [0.25, 0.3) is 0 Å². The summed E-state index contributed by atoms with van der Waals surface area (Å²) in [6, 6.07) is 4.11. The minimum atomic E-state index is -3.27. The highest BCUT2D eigenvalue weighted by Crippen LogP contribution is 2.19. The van der Waals surface area contributed by atoms with Gasteiger partial charge in [0.05, 0.1) is 16.3 Å². The quantitative estimate of drug-likeness (QED) is 0.782. The van der Waals surface area contributed by atoms with Crippen molar-refractivity contribution in [1.29, 1.82) is 0 Å². The summed E-state index contributed by atoms with van der Waals surface area (Å²) in [4.78, 5) is 11.7. The van der Waals surface area contributed by atoms with E-state index in [0.29, 0.717) is 0 Å². The van der Waals surface area contributed by atoms with Crippen molar-refractivity contribution in [2.45, 2.75) is 0 Å². The van der Waals surface area contributed by atoms with E-state index in [1.807, 2.05) is 0 Å². The van der Waals surface area contributed by atoms with Crippen LogP contribution in [0.2, 0.25) is 0 Å². The fourth-order valence-corrected chi connectivity index (χ4v) is 2.10. The Hall–Kier alpha value is -0.990. The zero-order valence-corrected chi connectivity index (χ0v) is 11.9. The predicted octanol–water partition coefficient (Wildman–Crippen LogP) is 0.867. The molecule has 0 aliphatic rings. The van der Waals surface area contributed by atoms with Crippen molar-refractivity contribution in [2.24, 2.45) is 0 Å². The third kappa shape index (κ3) is 4.71. The first-order valence-corrected chi connectivity index (χ1v) is 7.66. The number of nitrogens with one attached hydrogen (secondary N) is 2. The highest BCUT2D eigenvalue weighted by molar-refractivity contribution is 9.10. The molecule has 0 fully saturated rings. The molecule has 0 aromatic heterocycles. The Kier molecular flexibility index (Phi) is 5.24. The molecule has 1 rings (SSSR count). The van der Waals surface area contributed by atoms with Crippen LogP contribution in [0, 0.1) is 5.82 Å². The molecule has 0 atom stereocenters. The average Bonchev–Trinajstić information content (AvgIpc) is 2.26. The van der Waals surface area contributed by atoms with Gasteiger partial charge in [0.2, 0.25) is 10.0 Å². The Morgan fingerprint density at radius 1 is 1.39 bits per heavy atom. The van der Waals surface area contributed by atoms with E-state index in [4.69, 9.17) is 0 Å². The average molecular weight is 339 g/mol. The van der Waals surface area contributed by atoms with E-state index < -0.39 is 21.7 Å². The van der Waals surface area contributed by atoms with Gasteiger partial charge in [0.1, 0.15) is 5.82 Å². The maximum Gasteiger partial charge on any atom is 0.252 e. The van der Waals surface area contributed by atoms with Crippen LogP contribution in [-0.4, -0.2) is 33.7 Å². The number of hydrogen-bond acceptors (Lipinski definition) is 3. The van der Waals surface area contributed by atoms with Crippen molar-refractivity contribution in [2.75, 3.05) is 19.3 Å². The summed E-state index contributed by atoms with van der Waals surface area (Å²) in [5, 5.41) is 2.48. The van der Waals surface area contributed by atoms with E-state index >= 15 is 0 Å². The van der Waals surface area contributed by atoms with Gasteiger partial charge in [0, 0.05) is 13.1 Å². The zero-order chi connectivity index (χ0) is 13.8. The van der Waals surface area contributed by atoms with Gasteiger partial charge in [-0.15, -0.1) is 0 Å². The molecule has 0 saturated heterocycles. The van der Waals surface area contributed by atoms with Gasteiger partial charge >= 0.3 is 0 Å². The van der Waals surface area contributed by atoms with Crippen LogP contribution in [0.3, 0.4) is 0 Å². The number of hydrogen-bond donors (Lipinski definition) is 2. The zero-order valence-electron chi connectivity index (χ0n) is 9.54. The van der Waals surface area contributed by atoms with Crippen molar-refractivity contribution >= 4 is 31.9 Å². The summed E-state index contributed by atoms with van der Waals surface area (Å²) in [7, 11) is -3.27. The molecule has 0 unspecified atom stereocenters. The number of carbonyl (C=O) groups excluding carboxylic acids is 1. The molecule has 1 aromatic rings. The minimum absolute atomic E-state index is 0.0809. The molecule has 8 heteroatoms. The molecular formula is C10H12BrFN2O3S. The SMILES string of the molecule is CS(=O)(=O)NCCNC(=O)c1cccc(F)c1Br. The molecule has 0 aliphatic carbocycles. The minimum Gasteiger partial charge on any atom is -0.351 e. The van der Waals surface area contributed by atoms with Gasteiger partial charge in [0.15, 0.2) is 0 Å². The van der Waals surface area contributed by atoms with Gasteiger partial charge in [-0.25, -0.2) is 17.5 Å². The molecule has 0 heterocycles. The van der Waals surface area contributed by atoms with Crippen molar-refractivity contribution in [1.82, 2.24) is 10.0 Å². The van der Waals surface area contributed by atoms with Crippen LogP contribution in [0.15, 0.2) is 22.7 Å². The lowest BCUT2D eigenvalue weighted by Crippen LogP contribution is -2.34. The standard InChI is InChI=1S/C10H12BrFN2O3S/c1-18(16,17)14-6-5-13-10(15)7-3-2-4-8(12)9(7)11/h2-4,14H,5-6H2,1H3,(H,13,15). The first kappa shape index (κ1) is 15.1. The predicted molar refractivity (Wildman–Crippen MR) is 69.3 cm³/mol. The topological polar surface area (TPSA) is 75.3 Å². The number of carbonyl (C=O) groups is 1. The molecule has 5 nitrogen and oxygen atoms in total. The van der Waals surface area contributed by atoms with Crippen molar-refractivity contribution in [3.8, 4) is 0 Å². The van der Waals surface area contributed by atoms with E-state index in [2.05, 4.69) is 26.0 Å². The summed E-state index contributed by atoms with van der Waals surface area (Å²) in [5.41, 5.74) is 0.161. The summed E-state index contributed by atoms with van der Waals surface area (Å²) in [5.74, 6) is -1.01. The normalized spacial score (nSPS) is 11.3. The summed E-state index contributed by atoms with van der Waals surface area (Å²) < 4.78 is 37.0. The van der Waals surface area contributed by atoms with Crippen LogP contribution in [0.1, 0.15) is 10.4 Å². The molecule has 1 aromatic carbocycles. The van der Waals surface area contributed by atoms with Crippen molar-refractivity contribution in [3.05, 3.63) is 34.1 Å². The number of rotatable bonds is 5. The summed E-state index contributed by atoms with van der Waals surface area (Å²) in [6.07, 6.45) is 1.03. The third-order valence-corrected chi connectivity index (χ3v) is 3.51. The fourth-order valence-electron chi connectivity index (χ4n) is 1.19. The Balaban J connectivity index is 2.54. The molecule has 2 N–H and O–H groups in total. The molecule has 0 bridgehead atoms. The second-order valence-electron chi connectivity index (χ2n) is 3.52. The van der Waals surface area contributed by atoms with Gasteiger partial charge in [-0.3, -0.25) is 4.79 Å². The fraction of sp³-hybridized carbons (Fsp3) is 0.300. The summed E-state index contributed by atoms with van der Waals surface area (Å²) in [6.45, 7) is 0.201. The van der Waals surface area contributed by atoms with E-state index in [1.54, 1.807) is 0 Å². The highest BCUT2D eigenvalue weighted by atomic mass is 79.9. The second kappa shape index (κ2) is 6.26. The van der Waals surface area contributed by atoms with Gasteiger partial charge in [-0.2, -0.15) is 0 Å². The molecule has 0 spiro atoms. The van der Waals surface area contributed by atoms with E-state index in [1.165, 1.54) is 18.2 Å². The highest BCUT2D eigenvalue weighted by Gasteiger charge is 2.12. The Bertz CT molecular complexity index is 548. The Labute approximate surface area is 113 Å². The van der Waals surface area contributed by atoms with Gasteiger partial charge in [-0.1, -0.05) is 6.07 Å². The third-order valence-electron chi connectivity index (χ3n) is 1.97. The molecule has 0 saturated carbocycles. The number of sulfonamides is 1. The molecular weight excluding hydrogens is 327 g/mol. The maximum atomic E-state index is 13.2. The van der Waals surface area contributed by atoms with Crippen molar-refractivity contribution < 1.29 is 17.6 Å². The monoisotopic (exact) mass is 338 g/mol.